The first-order valence-corrected chi connectivity index (χ1v) is 10.6. The third kappa shape index (κ3) is 3.98. The van der Waals surface area contributed by atoms with Crippen LogP contribution in [0.25, 0.3) is 0 Å². The van der Waals surface area contributed by atoms with Gasteiger partial charge >= 0.3 is 5.97 Å². The SMILES string of the molecule is CCOC(=O)c1c(NC(=O)c2cc(C)n(CC)n2)sc2c1CCN(C(C)C)C2. The molecule has 152 valence electrons. The van der Waals surface area contributed by atoms with Crippen LogP contribution in [0.5, 0.6) is 0 Å². The van der Waals surface area contributed by atoms with Gasteiger partial charge in [0.25, 0.3) is 5.91 Å². The van der Waals surface area contributed by atoms with Crippen LogP contribution in [0.2, 0.25) is 0 Å². The fourth-order valence-electron chi connectivity index (χ4n) is 3.48. The molecule has 0 spiro atoms. The number of hydrogen-bond acceptors (Lipinski definition) is 6. The van der Waals surface area contributed by atoms with Crippen molar-refractivity contribution in [2.75, 3.05) is 18.5 Å². The van der Waals surface area contributed by atoms with Crippen LogP contribution in [0.4, 0.5) is 5.00 Å². The molecule has 2 aromatic rings. The number of thiophene rings is 1. The number of anilines is 1. The van der Waals surface area contributed by atoms with Crippen molar-refractivity contribution in [3.63, 3.8) is 0 Å². The summed E-state index contributed by atoms with van der Waals surface area (Å²) in [7, 11) is 0. The van der Waals surface area contributed by atoms with Gasteiger partial charge in [0.05, 0.1) is 12.2 Å². The van der Waals surface area contributed by atoms with Crippen molar-refractivity contribution in [1.82, 2.24) is 14.7 Å². The molecule has 0 saturated carbocycles. The minimum Gasteiger partial charge on any atom is -0.462 e. The molecule has 2 aromatic heterocycles. The molecule has 0 bridgehead atoms. The predicted molar refractivity (Wildman–Crippen MR) is 110 cm³/mol. The number of carbonyl (C=O) groups excluding carboxylic acids is 2. The second-order valence-electron chi connectivity index (χ2n) is 7.18. The molecule has 0 fully saturated rings. The number of aromatic nitrogens is 2. The second-order valence-corrected chi connectivity index (χ2v) is 8.29. The van der Waals surface area contributed by atoms with Crippen molar-refractivity contribution in [3.8, 4) is 0 Å². The fraction of sp³-hybridized carbons (Fsp3) is 0.550. The van der Waals surface area contributed by atoms with Crippen molar-refractivity contribution < 1.29 is 14.3 Å². The van der Waals surface area contributed by atoms with Crippen molar-refractivity contribution in [3.05, 3.63) is 33.5 Å². The number of aryl methyl sites for hydroxylation is 2. The quantitative estimate of drug-likeness (QED) is 0.746. The lowest BCUT2D eigenvalue weighted by molar-refractivity contribution is 0.0526. The Balaban J connectivity index is 1.93. The zero-order valence-electron chi connectivity index (χ0n) is 17.2. The molecule has 1 amide bonds. The van der Waals surface area contributed by atoms with Crippen molar-refractivity contribution in [2.24, 2.45) is 0 Å². The topological polar surface area (TPSA) is 76.5 Å². The van der Waals surface area contributed by atoms with Crippen LogP contribution in [-0.2, 0) is 24.2 Å². The van der Waals surface area contributed by atoms with E-state index in [-0.39, 0.29) is 11.9 Å². The highest BCUT2D eigenvalue weighted by Gasteiger charge is 2.30. The van der Waals surface area contributed by atoms with Crippen LogP contribution >= 0.6 is 11.3 Å². The molecule has 0 unspecified atom stereocenters. The minimum atomic E-state index is -0.372. The van der Waals surface area contributed by atoms with Gasteiger partial charge in [0, 0.05) is 36.2 Å². The molecule has 28 heavy (non-hydrogen) atoms. The van der Waals surface area contributed by atoms with Gasteiger partial charge in [-0.15, -0.1) is 11.3 Å². The lowest BCUT2D eigenvalue weighted by atomic mass is 10.0. The maximum atomic E-state index is 12.8. The van der Waals surface area contributed by atoms with Crippen LogP contribution < -0.4 is 5.32 Å². The van der Waals surface area contributed by atoms with Crippen molar-refractivity contribution in [2.45, 2.75) is 60.2 Å². The van der Waals surface area contributed by atoms with Crippen LogP contribution in [-0.4, -0.2) is 45.8 Å². The third-order valence-electron chi connectivity index (χ3n) is 5.04. The van der Waals surface area contributed by atoms with Gasteiger partial charge in [-0.2, -0.15) is 5.10 Å². The molecule has 0 aliphatic carbocycles. The molecule has 0 saturated heterocycles. The standard InChI is InChI=1S/C20H28N4O3S/c1-6-24-13(5)10-15(22-24)18(25)21-19-17(20(26)27-7-2)14-8-9-23(12(3)4)11-16(14)28-19/h10,12H,6-9,11H2,1-5H3,(H,21,25). The monoisotopic (exact) mass is 404 g/mol. The Hall–Kier alpha value is -2.19. The number of esters is 1. The van der Waals surface area contributed by atoms with Crippen molar-refractivity contribution in [1.29, 1.82) is 0 Å². The summed E-state index contributed by atoms with van der Waals surface area (Å²) < 4.78 is 7.06. The molecule has 0 aromatic carbocycles. The molecule has 7 nitrogen and oxygen atoms in total. The summed E-state index contributed by atoms with van der Waals surface area (Å²) in [5, 5.41) is 7.81. The molecule has 3 rings (SSSR count). The van der Waals surface area contributed by atoms with Crippen LogP contribution in [0.1, 0.15) is 64.7 Å². The highest BCUT2D eigenvalue weighted by Crippen LogP contribution is 2.38. The van der Waals surface area contributed by atoms with Crippen LogP contribution in [0, 0.1) is 6.92 Å². The largest absolute Gasteiger partial charge is 0.462 e. The first kappa shape index (κ1) is 20.5. The first-order chi connectivity index (χ1) is 13.3. The number of rotatable bonds is 6. The van der Waals surface area contributed by atoms with E-state index in [2.05, 4.69) is 29.2 Å². The molecule has 0 atom stereocenters. The van der Waals surface area contributed by atoms with E-state index in [0.717, 1.165) is 35.6 Å². The summed E-state index contributed by atoms with van der Waals surface area (Å²) in [5.74, 6) is -0.677. The highest BCUT2D eigenvalue weighted by molar-refractivity contribution is 7.17. The zero-order chi connectivity index (χ0) is 20.4. The Bertz CT molecular complexity index is 884. The highest BCUT2D eigenvalue weighted by atomic mass is 32.1. The Morgan fingerprint density at radius 2 is 2.11 bits per heavy atom. The second kappa shape index (κ2) is 8.45. The summed E-state index contributed by atoms with van der Waals surface area (Å²) in [5.41, 5.74) is 2.79. The lowest BCUT2D eigenvalue weighted by Crippen LogP contribution is -2.35. The van der Waals surface area contributed by atoms with E-state index in [1.165, 1.54) is 11.3 Å². The molecular formula is C20H28N4O3S. The number of hydrogen-bond donors (Lipinski definition) is 1. The number of nitrogens with zero attached hydrogens (tertiary/aromatic N) is 3. The fourth-order valence-corrected chi connectivity index (χ4v) is 4.74. The summed E-state index contributed by atoms with van der Waals surface area (Å²) in [6.45, 7) is 12.7. The smallest absolute Gasteiger partial charge is 0.341 e. The molecular weight excluding hydrogens is 376 g/mol. The van der Waals surface area contributed by atoms with Crippen LogP contribution in [0.15, 0.2) is 6.07 Å². The van der Waals surface area contributed by atoms with Crippen LogP contribution in [0.3, 0.4) is 0 Å². The number of carbonyl (C=O) groups is 2. The number of fused-ring (bicyclic) bond motifs is 1. The molecule has 1 aliphatic heterocycles. The van der Waals surface area contributed by atoms with E-state index >= 15 is 0 Å². The average molecular weight is 405 g/mol. The van der Waals surface area contributed by atoms with E-state index < -0.39 is 0 Å². The molecule has 1 N–H and O–H groups in total. The van der Waals surface area contributed by atoms with Gasteiger partial charge in [-0.1, -0.05) is 0 Å². The van der Waals surface area contributed by atoms with Gasteiger partial charge < -0.3 is 10.1 Å². The average Bonchev–Trinajstić information content (AvgIpc) is 3.20. The number of nitrogens with one attached hydrogen (secondary N) is 1. The molecule has 1 aliphatic rings. The van der Waals surface area contributed by atoms with E-state index in [9.17, 15) is 9.59 Å². The van der Waals surface area contributed by atoms with E-state index in [1.807, 2.05) is 13.8 Å². The Morgan fingerprint density at radius 1 is 1.36 bits per heavy atom. The molecule has 0 radical (unpaired) electrons. The van der Waals surface area contributed by atoms with Gasteiger partial charge in [-0.3, -0.25) is 14.4 Å². The maximum absolute atomic E-state index is 12.8. The molecule has 3 heterocycles. The molecule has 8 heteroatoms. The summed E-state index contributed by atoms with van der Waals surface area (Å²) in [4.78, 5) is 28.9. The Kier molecular flexibility index (Phi) is 6.20. The van der Waals surface area contributed by atoms with Gasteiger partial charge in [-0.05, 0) is 52.7 Å². The van der Waals surface area contributed by atoms with E-state index in [0.29, 0.717) is 35.5 Å². The Morgan fingerprint density at radius 3 is 2.71 bits per heavy atom. The normalized spacial score (nSPS) is 14.2. The number of amides is 1. The van der Waals surface area contributed by atoms with Gasteiger partial charge in [-0.25, -0.2) is 4.79 Å². The van der Waals surface area contributed by atoms with E-state index in [1.54, 1.807) is 17.7 Å². The summed E-state index contributed by atoms with van der Waals surface area (Å²) >= 11 is 1.47. The van der Waals surface area contributed by atoms with E-state index in [4.69, 9.17) is 4.74 Å². The third-order valence-corrected chi connectivity index (χ3v) is 6.17. The zero-order valence-corrected chi connectivity index (χ0v) is 18.0. The predicted octanol–water partition coefficient (Wildman–Crippen LogP) is 3.47. The minimum absolute atomic E-state index is 0.301. The summed E-state index contributed by atoms with van der Waals surface area (Å²) in [6.07, 6.45) is 0.775. The van der Waals surface area contributed by atoms with Gasteiger partial charge in [0.1, 0.15) is 5.00 Å². The Labute approximate surface area is 169 Å². The first-order valence-electron chi connectivity index (χ1n) is 9.77. The van der Waals surface area contributed by atoms with Gasteiger partial charge in [0.15, 0.2) is 5.69 Å². The summed E-state index contributed by atoms with van der Waals surface area (Å²) in [6, 6.07) is 2.19. The lowest BCUT2D eigenvalue weighted by Gasteiger charge is -2.30. The maximum Gasteiger partial charge on any atom is 0.341 e. The van der Waals surface area contributed by atoms with Crippen molar-refractivity contribution >= 4 is 28.2 Å². The van der Waals surface area contributed by atoms with Gasteiger partial charge in [0.2, 0.25) is 0 Å². The number of ether oxygens (including phenoxy) is 1.